The number of hydrogen-bond acceptors (Lipinski definition) is 2. The summed E-state index contributed by atoms with van der Waals surface area (Å²) >= 11 is 0. The summed E-state index contributed by atoms with van der Waals surface area (Å²) in [7, 11) is 0. The molecule has 0 spiro atoms. The second-order valence-electron chi connectivity index (χ2n) is 6.64. The van der Waals surface area contributed by atoms with Crippen LogP contribution in [0.3, 0.4) is 0 Å². The molecule has 0 atom stereocenters. The Hall–Kier alpha value is -1.41. The van der Waals surface area contributed by atoms with E-state index in [0.29, 0.717) is 5.92 Å². The third-order valence-electron chi connectivity index (χ3n) is 3.86. The number of nitrogens with one attached hydrogen (secondary N) is 1. The number of rotatable bonds is 6. The van der Waals surface area contributed by atoms with E-state index in [4.69, 9.17) is 0 Å². The lowest BCUT2D eigenvalue weighted by molar-refractivity contribution is 0.442. The summed E-state index contributed by atoms with van der Waals surface area (Å²) in [5.41, 5.74) is 2.66. The van der Waals surface area contributed by atoms with Gasteiger partial charge in [0.25, 0.3) is 0 Å². The highest BCUT2D eigenvalue weighted by Gasteiger charge is 2.20. The molecule has 1 N–H and O–H groups in total. The predicted molar refractivity (Wildman–Crippen MR) is 87.1 cm³/mol. The molecule has 20 heavy (non-hydrogen) atoms. The lowest BCUT2D eigenvalue weighted by Crippen LogP contribution is -2.27. The van der Waals surface area contributed by atoms with Gasteiger partial charge in [-0.2, -0.15) is 0 Å². The number of hydrogen-bond donors (Lipinski definition) is 1. The molecule has 0 amide bonds. The standard InChI is InChI=1S/C18H26N2/c1-14(2)13-19-11-9-18(3,4)16-7-8-17-15(12-16)6-5-10-20-17/h5-8,10,12,14,19H,9,11,13H2,1-4H3. The maximum absolute atomic E-state index is 4.39. The Morgan fingerprint density at radius 2 is 2.00 bits per heavy atom. The first kappa shape index (κ1) is 15.0. The Morgan fingerprint density at radius 1 is 1.20 bits per heavy atom. The molecule has 2 rings (SSSR count). The van der Waals surface area contributed by atoms with E-state index < -0.39 is 0 Å². The molecule has 2 heteroatoms. The maximum Gasteiger partial charge on any atom is 0.0702 e. The van der Waals surface area contributed by atoms with Crippen LogP contribution in [-0.4, -0.2) is 18.1 Å². The summed E-state index contributed by atoms with van der Waals surface area (Å²) in [6.07, 6.45) is 2.99. The first-order chi connectivity index (χ1) is 9.49. The van der Waals surface area contributed by atoms with Crippen LogP contribution < -0.4 is 5.32 Å². The van der Waals surface area contributed by atoms with Crippen LogP contribution in [0, 0.1) is 5.92 Å². The van der Waals surface area contributed by atoms with Crippen LogP contribution in [0.5, 0.6) is 0 Å². The zero-order chi connectivity index (χ0) is 14.6. The first-order valence-electron chi connectivity index (χ1n) is 7.55. The van der Waals surface area contributed by atoms with Crippen molar-refractivity contribution in [1.29, 1.82) is 0 Å². The second-order valence-corrected chi connectivity index (χ2v) is 6.64. The average Bonchev–Trinajstić information content (AvgIpc) is 2.43. The molecule has 108 valence electrons. The Morgan fingerprint density at radius 3 is 2.75 bits per heavy atom. The monoisotopic (exact) mass is 270 g/mol. The number of nitrogens with zero attached hydrogens (tertiary/aromatic N) is 1. The predicted octanol–water partition coefficient (Wildman–Crippen LogP) is 4.15. The molecule has 0 aliphatic rings. The van der Waals surface area contributed by atoms with Gasteiger partial charge in [0, 0.05) is 11.6 Å². The Balaban J connectivity index is 2.06. The lowest BCUT2D eigenvalue weighted by Gasteiger charge is -2.26. The van der Waals surface area contributed by atoms with E-state index >= 15 is 0 Å². The van der Waals surface area contributed by atoms with Crippen molar-refractivity contribution in [3.63, 3.8) is 0 Å². The summed E-state index contributed by atoms with van der Waals surface area (Å²) in [6.45, 7) is 11.3. The minimum atomic E-state index is 0.189. The Labute approximate surface area is 122 Å². The van der Waals surface area contributed by atoms with Crippen molar-refractivity contribution in [2.24, 2.45) is 5.92 Å². The van der Waals surface area contributed by atoms with Gasteiger partial charge in [-0.1, -0.05) is 39.8 Å². The van der Waals surface area contributed by atoms with Gasteiger partial charge in [0.05, 0.1) is 5.52 Å². The molecule has 0 unspecified atom stereocenters. The van der Waals surface area contributed by atoms with Crippen LogP contribution in [0.2, 0.25) is 0 Å². The van der Waals surface area contributed by atoms with Gasteiger partial charge in [-0.05, 0) is 54.6 Å². The van der Waals surface area contributed by atoms with E-state index in [1.807, 2.05) is 12.3 Å². The Kier molecular flexibility index (Phi) is 4.77. The second kappa shape index (κ2) is 6.36. The molecule has 1 aromatic heterocycles. The smallest absolute Gasteiger partial charge is 0.0702 e. The van der Waals surface area contributed by atoms with Crippen LogP contribution >= 0.6 is 0 Å². The molecule has 0 saturated heterocycles. The number of pyridine rings is 1. The van der Waals surface area contributed by atoms with Crippen molar-refractivity contribution in [3.05, 3.63) is 42.1 Å². The van der Waals surface area contributed by atoms with E-state index in [1.165, 1.54) is 10.9 Å². The highest BCUT2D eigenvalue weighted by Crippen LogP contribution is 2.28. The van der Waals surface area contributed by atoms with Gasteiger partial charge in [0.1, 0.15) is 0 Å². The van der Waals surface area contributed by atoms with Crippen molar-refractivity contribution in [2.75, 3.05) is 13.1 Å². The quantitative estimate of drug-likeness (QED) is 0.798. The summed E-state index contributed by atoms with van der Waals surface area (Å²) in [4.78, 5) is 4.39. The zero-order valence-corrected chi connectivity index (χ0v) is 13.1. The molecule has 0 radical (unpaired) electrons. The van der Waals surface area contributed by atoms with Crippen LogP contribution in [0.4, 0.5) is 0 Å². The summed E-state index contributed by atoms with van der Waals surface area (Å²) in [5, 5.41) is 4.77. The SMILES string of the molecule is CC(C)CNCCC(C)(C)c1ccc2ncccc2c1. The van der Waals surface area contributed by atoms with Gasteiger partial charge >= 0.3 is 0 Å². The fourth-order valence-electron chi connectivity index (χ4n) is 2.43. The largest absolute Gasteiger partial charge is 0.316 e. The summed E-state index contributed by atoms with van der Waals surface area (Å²) < 4.78 is 0. The number of benzene rings is 1. The van der Waals surface area contributed by atoms with Gasteiger partial charge in [-0.25, -0.2) is 0 Å². The molecular formula is C18H26N2. The molecule has 0 aliphatic carbocycles. The molecule has 1 aromatic carbocycles. The van der Waals surface area contributed by atoms with E-state index in [1.54, 1.807) is 0 Å². The molecule has 1 heterocycles. The number of fused-ring (bicyclic) bond motifs is 1. The number of aromatic nitrogens is 1. The van der Waals surface area contributed by atoms with Crippen LogP contribution in [0.1, 0.15) is 39.7 Å². The van der Waals surface area contributed by atoms with Crippen LogP contribution in [-0.2, 0) is 5.41 Å². The zero-order valence-electron chi connectivity index (χ0n) is 13.1. The average molecular weight is 270 g/mol. The molecule has 0 fully saturated rings. The van der Waals surface area contributed by atoms with E-state index in [9.17, 15) is 0 Å². The fraction of sp³-hybridized carbons (Fsp3) is 0.500. The van der Waals surface area contributed by atoms with E-state index in [2.05, 4.69) is 62.3 Å². The summed E-state index contributed by atoms with van der Waals surface area (Å²) in [5.74, 6) is 0.713. The van der Waals surface area contributed by atoms with Crippen molar-refractivity contribution in [3.8, 4) is 0 Å². The Bertz CT molecular complexity index is 558. The van der Waals surface area contributed by atoms with E-state index in [-0.39, 0.29) is 5.41 Å². The third kappa shape index (κ3) is 3.80. The van der Waals surface area contributed by atoms with Crippen LogP contribution in [0.15, 0.2) is 36.5 Å². The topological polar surface area (TPSA) is 24.9 Å². The maximum atomic E-state index is 4.39. The highest BCUT2D eigenvalue weighted by atomic mass is 14.9. The summed E-state index contributed by atoms with van der Waals surface area (Å²) in [6, 6.07) is 10.8. The molecule has 0 aliphatic heterocycles. The van der Waals surface area contributed by atoms with E-state index in [0.717, 1.165) is 25.0 Å². The van der Waals surface area contributed by atoms with Crippen LogP contribution in [0.25, 0.3) is 10.9 Å². The fourth-order valence-corrected chi connectivity index (χ4v) is 2.43. The van der Waals surface area contributed by atoms with Crippen molar-refractivity contribution < 1.29 is 0 Å². The van der Waals surface area contributed by atoms with Gasteiger partial charge in [-0.3, -0.25) is 4.98 Å². The van der Waals surface area contributed by atoms with Gasteiger partial charge in [-0.15, -0.1) is 0 Å². The molecule has 0 bridgehead atoms. The van der Waals surface area contributed by atoms with Crippen molar-refractivity contribution in [2.45, 2.75) is 39.5 Å². The lowest BCUT2D eigenvalue weighted by atomic mass is 9.81. The van der Waals surface area contributed by atoms with Gasteiger partial charge in [0.2, 0.25) is 0 Å². The molecule has 2 aromatic rings. The minimum absolute atomic E-state index is 0.189. The highest BCUT2D eigenvalue weighted by molar-refractivity contribution is 5.79. The van der Waals surface area contributed by atoms with Gasteiger partial charge in [0.15, 0.2) is 0 Å². The molecule has 0 saturated carbocycles. The normalized spacial score (nSPS) is 12.2. The van der Waals surface area contributed by atoms with Gasteiger partial charge < -0.3 is 5.32 Å². The third-order valence-corrected chi connectivity index (χ3v) is 3.86. The van der Waals surface area contributed by atoms with Crippen molar-refractivity contribution in [1.82, 2.24) is 10.3 Å². The minimum Gasteiger partial charge on any atom is -0.316 e. The molecular weight excluding hydrogens is 244 g/mol. The molecule has 2 nitrogen and oxygen atoms in total. The first-order valence-corrected chi connectivity index (χ1v) is 7.55. The van der Waals surface area contributed by atoms with Crippen molar-refractivity contribution >= 4 is 10.9 Å².